The molecule has 4 rings (SSSR count). The van der Waals surface area contributed by atoms with E-state index >= 15 is 0 Å². The van der Waals surface area contributed by atoms with Crippen molar-refractivity contribution in [2.24, 2.45) is 9.98 Å². The average Bonchev–Trinajstić information content (AvgIpc) is 3.09. The first-order chi connectivity index (χ1) is 14.1. The maximum absolute atomic E-state index is 12.7. The second-order valence-corrected chi connectivity index (χ2v) is 6.82. The van der Waals surface area contributed by atoms with E-state index in [4.69, 9.17) is 4.99 Å². The van der Waals surface area contributed by atoms with Gasteiger partial charge in [-0.25, -0.2) is 19.5 Å². The lowest BCUT2D eigenvalue weighted by atomic mass is 10.1. The van der Waals surface area contributed by atoms with E-state index in [2.05, 4.69) is 40.9 Å². The van der Waals surface area contributed by atoms with Crippen LogP contribution in [0, 0.1) is 6.92 Å². The summed E-state index contributed by atoms with van der Waals surface area (Å²) in [7, 11) is 0. The number of hydrogen-bond acceptors (Lipinski definition) is 5. The first kappa shape index (κ1) is 18.8. The zero-order chi connectivity index (χ0) is 20.4. The molecule has 0 aliphatic carbocycles. The fourth-order valence-corrected chi connectivity index (χ4v) is 3.45. The van der Waals surface area contributed by atoms with Crippen LogP contribution in [0.3, 0.4) is 0 Å². The van der Waals surface area contributed by atoms with Crippen molar-refractivity contribution in [3.05, 3.63) is 82.3 Å². The molecule has 0 atom stereocenters. The number of nitrogens with zero attached hydrogens (tertiary/aromatic N) is 5. The number of fused-ring (bicyclic) bond motifs is 1. The molecule has 0 unspecified atom stereocenters. The van der Waals surface area contributed by atoms with E-state index in [9.17, 15) is 4.79 Å². The molecule has 6 heteroatoms. The second-order valence-electron chi connectivity index (χ2n) is 6.82. The smallest absolute Gasteiger partial charge is 0.261 e. The molecule has 6 nitrogen and oxygen atoms in total. The number of aryl methyl sites for hydroxylation is 1. The predicted molar refractivity (Wildman–Crippen MR) is 118 cm³/mol. The Morgan fingerprint density at radius 2 is 1.69 bits per heavy atom. The van der Waals surface area contributed by atoms with Crippen LogP contribution in [-0.2, 0) is 0 Å². The van der Waals surface area contributed by atoms with Gasteiger partial charge in [-0.15, -0.1) is 0 Å². The van der Waals surface area contributed by atoms with Crippen LogP contribution in [0.5, 0.6) is 0 Å². The van der Waals surface area contributed by atoms with E-state index in [-0.39, 0.29) is 5.56 Å². The molecule has 3 aromatic rings. The number of hydrogen-bond donors (Lipinski definition) is 0. The first-order valence-corrected chi connectivity index (χ1v) is 9.80. The van der Waals surface area contributed by atoms with Gasteiger partial charge in [0.15, 0.2) is 5.84 Å². The van der Waals surface area contributed by atoms with E-state index in [1.807, 2.05) is 42.5 Å². The molecule has 0 saturated heterocycles. The predicted octanol–water partition coefficient (Wildman–Crippen LogP) is 4.11. The molecule has 0 saturated carbocycles. The molecule has 0 amide bonds. The van der Waals surface area contributed by atoms with Crippen molar-refractivity contribution in [2.75, 3.05) is 18.0 Å². The Morgan fingerprint density at radius 1 is 1.00 bits per heavy atom. The monoisotopic (exact) mass is 385 g/mol. The van der Waals surface area contributed by atoms with Gasteiger partial charge >= 0.3 is 0 Å². The first-order valence-electron chi connectivity index (χ1n) is 9.80. The third-order valence-corrected chi connectivity index (χ3v) is 4.93. The van der Waals surface area contributed by atoms with Crippen LogP contribution >= 0.6 is 0 Å². The number of aliphatic imine (C=N–C) groups is 2. The summed E-state index contributed by atoms with van der Waals surface area (Å²) in [6.07, 6.45) is 0. The largest absolute Gasteiger partial charge is 0.372 e. The van der Waals surface area contributed by atoms with Gasteiger partial charge in [0.1, 0.15) is 5.71 Å². The minimum Gasteiger partial charge on any atom is -0.372 e. The van der Waals surface area contributed by atoms with Gasteiger partial charge in [0.2, 0.25) is 5.95 Å². The number of aromatic nitrogens is 2. The molecule has 2 heterocycles. The molecule has 1 aliphatic heterocycles. The van der Waals surface area contributed by atoms with Crippen LogP contribution < -0.4 is 10.5 Å². The summed E-state index contributed by atoms with van der Waals surface area (Å²) >= 11 is 0. The fraction of sp³-hybridized carbons (Fsp3) is 0.217. The van der Waals surface area contributed by atoms with Crippen LogP contribution in [-0.4, -0.2) is 34.2 Å². The summed E-state index contributed by atoms with van der Waals surface area (Å²) in [6.45, 7) is 7.96. The molecule has 0 fully saturated rings. The molecule has 0 N–H and O–H groups in total. The standard InChI is InChI=1S/C23H23N5O/c1-4-27(5-2)19-13-11-18(12-14-19)25-22-21(17-9-7-6-8-10-17)26-23-24-16(3)15-20(29)28(22)23/h6-15H,4-5H2,1-3H3/b25-22+. The summed E-state index contributed by atoms with van der Waals surface area (Å²) in [5.41, 5.74) is 3.92. The van der Waals surface area contributed by atoms with Crippen molar-refractivity contribution in [2.45, 2.75) is 20.8 Å². The Balaban J connectivity index is 1.82. The zero-order valence-electron chi connectivity index (χ0n) is 16.8. The summed E-state index contributed by atoms with van der Waals surface area (Å²) in [5, 5.41) is 0. The maximum Gasteiger partial charge on any atom is 0.261 e. The topological polar surface area (TPSA) is 62.9 Å². The van der Waals surface area contributed by atoms with E-state index in [0.29, 0.717) is 23.2 Å². The molecule has 29 heavy (non-hydrogen) atoms. The lowest BCUT2D eigenvalue weighted by molar-refractivity contribution is 0.866. The van der Waals surface area contributed by atoms with Gasteiger partial charge in [0, 0.05) is 36.1 Å². The number of benzene rings is 2. The minimum atomic E-state index is -0.180. The fourth-order valence-electron chi connectivity index (χ4n) is 3.45. The Kier molecular flexibility index (Phi) is 5.08. The highest BCUT2D eigenvalue weighted by atomic mass is 16.1. The number of anilines is 1. The highest BCUT2D eigenvalue weighted by molar-refractivity contribution is 6.50. The molecule has 0 bridgehead atoms. The van der Waals surface area contributed by atoms with Crippen molar-refractivity contribution >= 4 is 28.9 Å². The maximum atomic E-state index is 12.7. The highest BCUT2D eigenvalue weighted by Gasteiger charge is 2.26. The van der Waals surface area contributed by atoms with Crippen molar-refractivity contribution < 1.29 is 0 Å². The van der Waals surface area contributed by atoms with E-state index < -0.39 is 0 Å². The Hall–Kier alpha value is -3.54. The van der Waals surface area contributed by atoms with Crippen LogP contribution in [0.4, 0.5) is 17.3 Å². The van der Waals surface area contributed by atoms with Crippen LogP contribution in [0.25, 0.3) is 0 Å². The minimum absolute atomic E-state index is 0.180. The molecule has 146 valence electrons. The van der Waals surface area contributed by atoms with Gasteiger partial charge in [-0.1, -0.05) is 30.3 Å². The summed E-state index contributed by atoms with van der Waals surface area (Å²) < 4.78 is 1.48. The van der Waals surface area contributed by atoms with Crippen molar-refractivity contribution in [3.63, 3.8) is 0 Å². The Labute approximate surface area is 169 Å². The van der Waals surface area contributed by atoms with Gasteiger partial charge in [0.05, 0.1) is 5.69 Å². The average molecular weight is 385 g/mol. The van der Waals surface area contributed by atoms with Crippen LogP contribution in [0.2, 0.25) is 0 Å². The van der Waals surface area contributed by atoms with Gasteiger partial charge in [-0.2, -0.15) is 0 Å². The zero-order valence-corrected chi connectivity index (χ0v) is 16.8. The van der Waals surface area contributed by atoms with Gasteiger partial charge in [-0.05, 0) is 45.0 Å². The summed E-state index contributed by atoms with van der Waals surface area (Å²) in [6, 6.07) is 19.3. The lowest BCUT2D eigenvalue weighted by Gasteiger charge is -2.20. The molecule has 1 aliphatic rings. The molecular formula is C23H23N5O. The van der Waals surface area contributed by atoms with Crippen molar-refractivity contribution in [1.29, 1.82) is 0 Å². The molecule has 2 aromatic carbocycles. The van der Waals surface area contributed by atoms with E-state index in [0.717, 1.165) is 30.0 Å². The van der Waals surface area contributed by atoms with E-state index in [1.54, 1.807) is 6.92 Å². The van der Waals surface area contributed by atoms with Gasteiger partial charge in [-0.3, -0.25) is 4.79 Å². The Morgan fingerprint density at radius 3 is 2.34 bits per heavy atom. The van der Waals surface area contributed by atoms with Crippen LogP contribution in [0.1, 0.15) is 25.1 Å². The normalized spacial score (nSPS) is 14.0. The Bertz CT molecular complexity index is 1140. The second kappa shape index (κ2) is 7.83. The van der Waals surface area contributed by atoms with Crippen molar-refractivity contribution in [3.8, 4) is 0 Å². The van der Waals surface area contributed by atoms with Crippen molar-refractivity contribution in [1.82, 2.24) is 9.55 Å². The van der Waals surface area contributed by atoms with Gasteiger partial charge < -0.3 is 4.90 Å². The summed E-state index contributed by atoms with van der Waals surface area (Å²) in [5.74, 6) is 0.867. The van der Waals surface area contributed by atoms with Crippen LogP contribution in [0.15, 0.2) is 75.4 Å². The molecular weight excluding hydrogens is 362 g/mol. The third-order valence-electron chi connectivity index (χ3n) is 4.93. The SMILES string of the molecule is CCN(CC)c1ccc(/N=C2\C(c3ccccc3)=Nc3nc(C)cc(=O)n32)cc1. The quantitative estimate of drug-likeness (QED) is 0.664. The lowest BCUT2D eigenvalue weighted by Crippen LogP contribution is -2.29. The van der Waals surface area contributed by atoms with E-state index in [1.165, 1.54) is 10.6 Å². The molecule has 1 aromatic heterocycles. The third kappa shape index (κ3) is 3.61. The molecule has 0 spiro atoms. The summed E-state index contributed by atoms with van der Waals surface area (Å²) in [4.78, 5) is 28.8. The highest BCUT2D eigenvalue weighted by Crippen LogP contribution is 2.24. The number of rotatable bonds is 5. The molecule has 0 radical (unpaired) electrons. The van der Waals surface area contributed by atoms with Gasteiger partial charge in [0.25, 0.3) is 5.56 Å².